The summed E-state index contributed by atoms with van der Waals surface area (Å²) in [7, 11) is 2.07. The van der Waals surface area contributed by atoms with Crippen molar-refractivity contribution < 1.29 is 4.74 Å². The van der Waals surface area contributed by atoms with Gasteiger partial charge < -0.3 is 15.4 Å². The topological polar surface area (TPSA) is 51.4 Å². The molecule has 0 aromatic carbocycles. The number of pyridine rings is 1. The molecule has 3 atom stereocenters. The van der Waals surface area contributed by atoms with Crippen molar-refractivity contribution in [2.75, 3.05) is 18.6 Å². The molecule has 0 amide bonds. The molecule has 1 aromatic heterocycles. The van der Waals surface area contributed by atoms with E-state index in [0.717, 1.165) is 24.4 Å². The van der Waals surface area contributed by atoms with Crippen LogP contribution in [0.1, 0.15) is 31.9 Å². The van der Waals surface area contributed by atoms with Crippen LogP contribution in [0, 0.1) is 0 Å². The van der Waals surface area contributed by atoms with Crippen molar-refractivity contribution >= 4 is 5.82 Å². The van der Waals surface area contributed by atoms with Crippen LogP contribution in [0.4, 0.5) is 5.82 Å². The number of ether oxygens (including phenoxy) is 1. The third kappa shape index (κ3) is 2.42. The Morgan fingerprint density at radius 1 is 1.59 bits per heavy atom. The van der Waals surface area contributed by atoms with Gasteiger partial charge in [0.15, 0.2) is 0 Å². The maximum absolute atomic E-state index is 5.99. The summed E-state index contributed by atoms with van der Waals surface area (Å²) in [5.74, 6) is 0.977. The molecule has 0 spiro atoms. The van der Waals surface area contributed by atoms with E-state index in [1.807, 2.05) is 25.3 Å². The van der Waals surface area contributed by atoms with Crippen LogP contribution < -0.4 is 10.6 Å². The molecular formula is C13H21N3O. The molecule has 4 nitrogen and oxygen atoms in total. The summed E-state index contributed by atoms with van der Waals surface area (Å²) in [6.07, 6.45) is 3.12. The van der Waals surface area contributed by atoms with Crippen LogP contribution in [0.2, 0.25) is 0 Å². The van der Waals surface area contributed by atoms with Gasteiger partial charge in [0.2, 0.25) is 0 Å². The molecule has 2 rings (SSSR count). The van der Waals surface area contributed by atoms with E-state index in [1.165, 1.54) is 0 Å². The van der Waals surface area contributed by atoms with E-state index in [9.17, 15) is 0 Å². The van der Waals surface area contributed by atoms with Gasteiger partial charge >= 0.3 is 0 Å². The average molecular weight is 235 g/mol. The Morgan fingerprint density at radius 2 is 2.35 bits per heavy atom. The number of hydrogen-bond acceptors (Lipinski definition) is 4. The Kier molecular flexibility index (Phi) is 3.64. The Hall–Kier alpha value is -1.13. The lowest BCUT2D eigenvalue weighted by atomic mass is 10.1. The van der Waals surface area contributed by atoms with Crippen molar-refractivity contribution in [1.29, 1.82) is 0 Å². The number of rotatable bonds is 3. The summed E-state index contributed by atoms with van der Waals surface area (Å²) in [5, 5.41) is 0. The second kappa shape index (κ2) is 5.02. The minimum Gasteiger partial charge on any atom is -0.376 e. The smallest absolute Gasteiger partial charge is 0.133 e. The third-order valence-electron chi connectivity index (χ3n) is 3.48. The Bertz CT molecular complexity index is 381. The number of nitrogens with zero attached hydrogens (tertiary/aromatic N) is 2. The van der Waals surface area contributed by atoms with Crippen LogP contribution >= 0.6 is 0 Å². The molecule has 1 saturated heterocycles. The van der Waals surface area contributed by atoms with Gasteiger partial charge in [-0.25, -0.2) is 4.98 Å². The van der Waals surface area contributed by atoms with E-state index >= 15 is 0 Å². The van der Waals surface area contributed by atoms with Gasteiger partial charge in [-0.1, -0.05) is 6.07 Å². The third-order valence-corrected chi connectivity index (χ3v) is 3.48. The monoisotopic (exact) mass is 235 g/mol. The van der Waals surface area contributed by atoms with Gasteiger partial charge in [0.25, 0.3) is 0 Å². The first-order valence-electron chi connectivity index (χ1n) is 6.16. The highest BCUT2D eigenvalue weighted by molar-refractivity contribution is 5.48. The second-order valence-electron chi connectivity index (χ2n) is 4.75. The van der Waals surface area contributed by atoms with E-state index in [-0.39, 0.29) is 12.1 Å². The highest BCUT2D eigenvalue weighted by atomic mass is 16.5. The lowest BCUT2D eigenvalue weighted by molar-refractivity contribution is 0.118. The normalized spacial score (nSPS) is 25.9. The van der Waals surface area contributed by atoms with Gasteiger partial charge in [-0.2, -0.15) is 0 Å². The number of likely N-dealkylation sites (N-methyl/N-ethyl adjacent to an activating group) is 1. The molecule has 0 radical (unpaired) electrons. The molecule has 4 heteroatoms. The predicted octanol–water partition coefficient (Wildman–Crippen LogP) is 1.71. The predicted molar refractivity (Wildman–Crippen MR) is 69.1 cm³/mol. The van der Waals surface area contributed by atoms with E-state index in [0.29, 0.717) is 6.04 Å². The first-order valence-corrected chi connectivity index (χ1v) is 6.16. The molecular weight excluding hydrogens is 214 g/mol. The van der Waals surface area contributed by atoms with E-state index in [1.54, 1.807) is 0 Å². The van der Waals surface area contributed by atoms with Gasteiger partial charge in [0, 0.05) is 31.5 Å². The molecule has 2 unspecified atom stereocenters. The molecule has 2 N–H and O–H groups in total. The largest absolute Gasteiger partial charge is 0.376 e. The fourth-order valence-corrected chi connectivity index (χ4v) is 2.45. The zero-order valence-electron chi connectivity index (χ0n) is 10.8. The van der Waals surface area contributed by atoms with E-state index in [4.69, 9.17) is 10.5 Å². The van der Waals surface area contributed by atoms with Crippen LogP contribution in [-0.4, -0.2) is 30.8 Å². The number of hydrogen-bond donors (Lipinski definition) is 1. The maximum atomic E-state index is 5.99. The van der Waals surface area contributed by atoms with Crippen LogP contribution in [0.15, 0.2) is 18.3 Å². The molecule has 1 aliphatic heterocycles. The van der Waals surface area contributed by atoms with E-state index in [2.05, 4.69) is 23.9 Å². The summed E-state index contributed by atoms with van der Waals surface area (Å²) in [4.78, 5) is 6.67. The quantitative estimate of drug-likeness (QED) is 0.866. The summed E-state index contributed by atoms with van der Waals surface area (Å²) in [6, 6.07) is 4.37. The molecule has 2 heterocycles. The van der Waals surface area contributed by atoms with Gasteiger partial charge in [0.05, 0.1) is 12.1 Å². The molecule has 1 aliphatic rings. The van der Waals surface area contributed by atoms with Crippen molar-refractivity contribution in [1.82, 2.24) is 4.98 Å². The zero-order valence-corrected chi connectivity index (χ0v) is 10.8. The highest BCUT2D eigenvalue weighted by Gasteiger charge is 2.29. The highest BCUT2D eigenvalue weighted by Crippen LogP contribution is 2.27. The average Bonchev–Trinajstić information content (AvgIpc) is 2.74. The standard InChI is InChI=1S/C13H21N3O/c1-9(14)11-5-4-7-15-13(11)16(3)12-6-8-17-10(12)2/h4-5,7,9-10,12H,6,8,14H2,1-3H3/t9-,10?,12?/m1/s1. The van der Waals surface area contributed by atoms with Crippen LogP contribution in [0.3, 0.4) is 0 Å². The summed E-state index contributed by atoms with van der Waals surface area (Å²) >= 11 is 0. The number of nitrogens with two attached hydrogens (primary N) is 1. The second-order valence-corrected chi connectivity index (χ2v) is 4.75. The molecule has 0 bridgehead atoms. The fraction of sp³-hybridized carbons (Fsp3) is 0.615. The summed E-state index contributed by atoms with van der Waals surface area (Å²) in [6.45, 7) is 4.93. The van der Waals surface area contributed by atoms with Gasteiger partial charge in [-0.15, -0.1) is 0 Å². The van der Waals surface area contributed by atoms with Crippen molar-refractivity contribution in [2.24, 2.45) is 5.73 Å². The minimum atomic E-state index is -0.00113. The van der Waals surface area contributed by atoms with Crippen molar-refractivity contribution in [3.63, 3.8) is 0 Å². The van der Waals surface area contributed by atoms with Crippen LogP contribution in [0.5, 0.6) is 0 Å². The Balaban J connectivity index is 2.27. The number of aromatic nitrogens is 1. The fourth-order valence-electron chi connectivity index (χ4n) is 2.45. The maximum Gasteiger partial charge on any atom is 0.133 e. The van der Waals surface area contributed by atoms with Crippen LogP contribution in [-0.2, 0) is 4.74 Å². The summed E-state index contributed by atoms with van der Waals surface area (Å²) < 4.78 is 5.61. The number of anilines is 1. The van der Waals surface area contributed by atoms with Gasteiger partial charge in [0.1, 0.15) is 5.82 Å². The first kappa shape index (κ1) is 12.3. The molecule has 1 aromatic rings. The minimum absolute atomic E-state index is 0.00113. The zero-order chi connectivity index (χ0) is 12.4. The van der Waals surface area contributed by atoms with Crippen molar-refractivity contribution in [3.8, 4) is 0 Å². The van der Waals surface area contributed by atoms with Crippen LogP contribution in [0.25, 0.3) is 0 Å². The Labute approximate surface area is 103 Å². The van der Waals surface area contributed by atoms with Crippen molar-refractivity contribution in [3.05, 3.63) is 23.9 Å². The molecule has 1 fully saturated rings. The molecule has 94 valence electrons. The molecule has 0 aliphatic carbocycles. The SMILES string of the molecule is CC1OCCC1N(C)c1ncccc1[C@@H](C)N. The van der Waals surface area contributed by atoms with Crippen molar-refractivity contribution in [2.45, 2.75) is 38.5 Å². The Morgan fingerprint density at radius 3 is 2.94 bits per heavy atom. The van der Waals surface area contributed by atoms with Gasteiger partial charge in [-0.3, -0.25) is 0 Å². The summed E-state index contributed by atoms with van der Waals surface area (Å²) in [5.41, 5.74) is 7.08. The lowest BCUT2D eigenvalue weighted by Crippen LogP contribution is -2.38. The van der Waals surface area contributed by atoms with Gasteiger partial charge in [-0.05, 0) is 26.3 Å². The van der Waals surface area contributed by atoms with E-state index < -0.39 is 0 Å². The first-order chi connectivity index (χ1) is 8.11. The molecule has 0 saturated carbocycles. The lowest BCUT2D eigenvalue weighted by Gasteiger charge is -2.30. The molecule has 17 heavy (non-hydrogen) atoms.